The molecule has 0 aromatic carbocycles. The molecule has 0 bridgehead atoms. The predicted octanol–water partition coefficient (Wildman–Crippen LogP) is 0.607. The van der Waals surface area contributed by atoms with Crippen molar-refractivity contribution < 1.29 is 9.59 Å². The molecule has 0 spiro atoms. The third-order valence-electron chi connectivity index (χ3n) is 3.83. The number of nitrogens with zero attached hydrogens (tertiary/aromatic N) is 1. The van der Waals surface area contributed by atoms with Crippen LogP contribution in [0.5, 0.6) is 0 Å². The lowest BCUT2D eigenvalue weighted by Gasteiger charge is -2.24. The highest BCUT2D eigenvalue weighted by atomic mass is 16.2. The Morgan fingerprint density at radius 1 is 1.47 bits per heavy atom. The molecule has 1 aliphatic rings. The Balaban J connectivity index is 2.25. The molecular formula is C14H27N3O2. The molecule has 0 aromatic rings. The molecule has 1 aliphatic heterocycles. The average molecular weight is 269 g/mol. The SMILES string of the molecule is CNC(=O)C(C)CN(C)C(=O)CCC1CCCNC1. The molecule has 0 saturated carbocycles. The van der Waals surface area contributed by atoms with E-state index in [1.807, 2.05) is 6.92 Å². The second-order valence-corrected chi connectivity index (χ2v) is 5.54. The van der Waals surface area contributed by atoms with Crippen LogP contribution < -0.4 is 10.6 Å². The highest BCUT2D eigenvalue weighted by Gasteiger charge is 2.19. The number of carbonyl (C=O) groups excluding carboxylic acids is 2. The zero-order valence-electron chi connectivity index (χ0n) is 12.4. The van der Waals surface area contributed by atoms with Crippen LogP contribution in [0.2, 0.25) is 0 Å². The first-order valence-electron chi connectivity index (χ1n) is 7.20. The van der Waals surface area contributed by atoms with Gasteiger partial charge in [-0.1, -0.05) is 6.92 Å². The van der Waals surface area contributed by atoms with Crippen molar-refractivity contribution in [1.82, 2.24) is 15.5 Å². The van der Waals surface area contributed by atoms with Crippen molar-refractivity contribution >= 4 is 11.8 Å². The van der Waals surface area contributed by atoms with Gasteiger partial charge in [0.15, 0.2) is 0 Å². The van der Waals surface area contributed by atoms with Crippen molar-refractivity contribution in [1.29, 1.82) is 0 Å². The fraction of sp³-hybridized carbons (Fsp3) is 0.857. The summed E-state index contributed by atoms with van der Waals surface area (Å²) in [5.41, 5.74) is 0. The molecule has 2 atom stereocenters. The van der Waals surface area contributed by atoms with E-state index in [4.69, 9.17) is 0 Å². The van der Waals surface area contributed by atoms with Crippen LogP contribution in [0.25, 0.3) is 0 Å². The topological polar surface area (TPSA) is 61.4 Å². The van der Waals surface area contributed by atoms with Crippen molar-refractivity contribution in [2.75, 3.05) is 33.7 Å². The number of piperidine rings is 1. The summed E-state index contributed by atoms with van der Waals surface area (Å²) in [6.07, 6.45) is 3.97. The number of nitrogens with one attached hydrogen (secondary N) is 2. The van der Waals surface area contributed by atoms with E-state index in [0.29, 0.717) is 18.9 Å². The van der Waals surface area contributed by atoms with Crippen LogP contribution in [0.4, 0.5) is 0 Å². The minimum Gasteiger partial charge on any atom is -0.359 e. The Morgan fingerprint density at radius 2 is 2.21 bits per heavy atom. The second kappa shape index (κ2) is 8.15. The summed E-state index contributed by atoms with van der Waals surface area (Å²) in [6.45, 7) is 4.47. The molecule has 5 nitrogen and oxygen atoms in total. The lowest BCUT2D eigenvalue weighted by molar-refractivity contribution is -0.132. The van der Waals surface area contributed by atoms with Crippen molar-refractivity contribution in [2.24, 2.45) is 11.8 Å². The number of carbonyl (C=O) groups is 2. The third kappa shape index (κ3) is 5.59. The van der Waals surface area contributed by atoms with Crippen LogP contribution in [0.1, 0.15) is 32.6 Å². The monoisotopic (exact) mass is 269 g/mol. The first kappa shape index (κ1) is 16.0. The van der Waals surface area contributed by atoms with E-state index >= 15 is 0 Å². The molecule has 1 heterocycles. The molecule has 1 saturated heterocycles. The molecular weight excluding hydrogens is 242 g/mol. The Labute approximate surface area is 116 Å². The molecule has 0 aromatic heterocycles. The van der Waals surface area contributed by atoms with Crippen molar-refractivity contribution in [2.45, 2.75) is 32.6 Å². The fourth-order valence-electron chi connectivity index (χ4n) is 2.53. The fourth-order valence-corrected chi connectivity index (χ4v) is 2.53. The molecule has 2 N–H and O–H groups in total. The molecule has 2 amide bonds. The van der Waals surface area contributed by atoms with Crippen LogP contribution in [-0.4, -0.2) is 50.4 Å². The van der Waals surface area contributed by atoms with E-state index in [-0.39, 0.29) is 17.7 Å². The van der Waals surface area contributed by atoms with Gasteiger partial charge in [-0.15, -0.1) is 0 Å². The highest BCUT2D eigenvalue weighted by Crippen LogP contribution is 2.16. The van der Waals surface area contributed by atoms with E-state index in [0.717, 1.165) is 19.5 Å². The van der Waals surface area contributed by atoms with Crippen molar-refractivity contribution in [3.05, 3.63) is 0 Å². The number of rotatable bonds is 6. The molecule has 1 rings (SSSR count). The van der Waals surface area contributed by atoms with Crippen LogP contribution in [0, 0.1) is 11.8 Å². The summed E-state index contributed by atoms with van der Waals surface area (Å²) in [4.78, 5) is 25.1. The lowest BCUT2D eigenvalue weighted by Crippen LogP contribution is -2.37. The zero-order chi connectivity index (χ0) is 14.3. The quantitative estimate of drug-likeness (QED) is 0.742. The van der Waals surface area contributed by atoms with E-state index in [9.17, 15) is 9.59 Å². The summed E-state index contributed by atoms with van der Waals surface area (Å²) in [7, 11) is 3.40. The summed E-state index contributed by atoms with van der Waals surface area (Å²) in [5, 5.41) is 5.97. The standard InChI is InChI=1S/C14H27N3O2/c1-11(14(19)15-2)10-17(3)13(18)7-6-12-5-4-8-16-9-12/h11-12,16H,4-10H2,1-3H3,(H,15,19). The molecule has 2 unspecified atom stereocenters. The van der Waals surface area contributed by atoms with Crippen LogP contribution in [0.3, 0.4) is 0 Å². The normalized spacial score (nSPS) is 20.7. The van der Waals surface area contributed by atoms with Crippen molar-refractivity contribution in [3.63, 3.8) is 0 Å². The number of hydrogen-bond acceptors (Lipinski definition) is 3. The molecule has 19 heavy (non-hydrogen) atoms. The van der Waals surface area contributed by atoms with Gasteiger partial charge in [0, 0.05) is 27.1 Å². The molecule has 0 aliphatic carbocycles. The predicted molar refractivity (Wildman–Crippen MR) is 75.7 cm³/mol. The maximum absolute atomic E-state index is 12.0. The summed E-state index contributed by atoms with van der Waals surface area (Å²) in [6, 6.07) is 0. The molecule has 0 radical (unpaired) electrons. The average Bonchev–Trinajstić information content (AvgIpc) is 2.44. The van der Waals surface area contributed by atoms with Crippen molar-refractivity contribution in [3.8, 4) is 0 Å². The third-order valence-corrected chi connectivity index (χ3v) is 3.83. The zero-order valence-corrected chi connectivity index (χ0v) is 12.4. The van der Waals surface area contributed by atoms with Gasteiger partial charge in [-0.2, -0.15) is 0 Å². The Kier molecular flexibility index (Phi) is 6.84. The Hall–Kier alpha value is -1.10. The first-order chi connectivity index (χ1) is 9.04. The maximum Gasteiger partial charge on any atom is 0.224 e. The van der Waals surface area contributed by atoms with E-state index in [1.54, 1.807) is 19.0 Å². The van der Waals surface area contributed by atoms with Gasteiger partial charge in [-0.25, -0.2) is 0 Å². The molecule has 1 fully saturated rings. The largest absolute Gasteiger partial charge is 0.359 e. The highest BCUT2D eigenvalue weighted by molar-refractivity contribution is 5.80. The number of amides is 2. The smallest absolute Gasteiger partial charge is 0.224 e. The maximum atomic E-state index is 12.0. The Bertz CT molecular complexity index is 301. The van der Waals surface area contributed by atoms with Gasteiger partial charge >= 0.3 is 0 Å². The van der Waals surface area contributed by atoms with E-state index in [1.165, 1.54) is 12.8 Å². The van der Waals surface area contributed by atoms with Crippen LogP contribution >= 0.6 is 0 Å². The van der Waals surface area contributed by atoms with Crippen LogP contribution in [-0.2, 0) is 9.59 Å². The van der Waals surface area contributed by atoms with Crippen LogP contribution in [0.15, 0.2) is 0 Å². The van der Waals surface area contributed by atoms with Gasteiger partial charge in [0.2, 0.25) is 11.8 Å². The summed E-state index contributed by atoms with van der Waals surface area (Å²) < 4.78 is 0. The number of hydrogen-bond donors (Lipinski definition) is 2. The van der Waals surface area contributed by atoms with Gasteiger partial charge in [0.05, 0.1) is 5.92 Å². The van der Waals surface area contributed by atoms with Gasteiger partial charge < -0.3 is 15.5 Å². The molecule has 5 heteroatoms. The minimum absolute atomic E-state index is 0.0175. The summed E-state index contributed by atoms with van der Waals surface area (Å²) >= 11 is 0. The van der Waals surface area contributed by atoms with Gasteiger partial charge in [-0.3, -0.25) is 9.59 Å². The van der Waals surface area contributed by atoms with Gasteiger partial charge in [0.1, 0.15) is 0 Å². The van der Waals surface area contributed by atoms with E-state index in [2.05, 4.69) is 10.6 Å². The lowest BCUT2D eigenvalue weighted by atomic mass is 9.94. The van der Waals surface area contributed by atoms with Gasteiger partial charge in [0.25, 0.3) is 0 Å². The molecule has 110 valence electrons. The summed E-state index contributed by atoms with van der Waals surface area (Å²) in [5.74, 6) is 0.593. The minimum atomic E-state index is -0.157. The first-order valence-corrected chi connectivity index (χ1v) is 7.20. The Morgan fingerprint density at radius 3 is 2.79 bits per heavy atom. The second-order valence-electron chi connectivity index (χ2n) is 5.54. The van der Waals surface area contributed by atoms with Gasteiger partial charge in [-0.05, 0) is 38.3 Å². The van der Waals surface area contributed by atoms with E-state index < -0.39 is 0 Å².